The second kappa shape index (κ2) is 9.76. The minimum absolute atomic E-state index is 0.0733. The molecular formula is C22H20ClN3O4. The molecule has 2 aromatic carbocycles. The van der Waals surface area contributed by atoms with Gasteiger partial charge in [-0.15, -0.1) is 0 Å². The first-order valence-electron chi connectivity index (χ1n) is 9.21. The van der Waals surface area contributed by atoms with E-state index >= 15 is 0 Å². The summed E-state index contributed by atoms with van der Waals surface area (Å²) in [5.41, 5.74) is 1.10. The Hall–Kier alpha value is -3.58. The van der Waals surface area contributed by atoms with Crippen molar-refractivity contribution in [3.05, 3.63) is 99.4 Å². The number of urea groups is 1. The number of carboxylic acids is 1. The van der Waals surface area contributed by atoms with Gasteiger partial charge in [-0.25, -0.2) is 4.79 Å². The van der Waals surface area contributed by atoms with Crippen LogP contribution in [0, 0.1) is 0 Å². The van der Waals surface area contributed by atoms with Crippen LogP contribution >= 0.6 is 11.6 Å². The van der Waals surface area contributed by atoms with Gasteiger partial charge in [-0.05, 0) is 29.3 Å². The molecule has 2 amide bonds. The van der Waals surface area contributed by atoms with E-state index < -0.39 is 23.6 Å². The van der Waals surface area contributed by atoms with E-state index in [0.29, 0.717) is 10.6 Å². The summed E-state index contributed by atoms with van der Waals surface area (Å²) in [5.74, 6) is -1.05. The maximum Gasteiger partial charge on any atom is 0.319 e. The third-order valence-electron chi connectivity index (χ3n) is 4.45. The second-order valence-electron chi connectivity index (χ2n) is 6.61. The van der Waals surface area contributed by atoms with Crippen LogP contribution in [0.1, 0.15) is 23.6 Å². The van der Waals surface area contributed by atoms with Gasteiger partial charge in [0.2, 0.25) is 0 Å². The van der Waals surface area contributed by atoms with Gasteiger partial charge in [-0.2, -0.15) is 0 Å². The van der Waals surface area contributed by atoms with E-state index in [1.54, 1.807) is 54.7 Å². The molecule has 1 heterocycles. The van der Waals surface area contributed by atoms with Crippen molar-refractivity contribution in [1.29, 1.82) is 0 Å². The van der Waals surface area contributed by atoms with Crippen LogP contribution in [0.15, 0.2) is 77.7 Å². The van der Waals surface area contributed by atoms with Crippen LogP contribution in [-0.4, -0.2) is 21.7 Å². The van der Waals surface area contributed by atoms with Gasteiger partial charge in [0.1, 0.15) is 5.69 Å². The van der Waals surface area contributed by atoms with E-state index in [4.69, 9.17) is 16.7 Å². The van der Waals surface area contributed by atoms with Crippen LogP contribution in [-0.2, 0) is 11.3 Å². The van der Waals surface area contributed by atoms with Crippen molar-refractivity contribution in [2.45, 2.75) is 19.0 Å². The number of hydrogen-bond acceptors (Lipinski definition) is 3. The molecule has 7 nitrogen and oxygen atoms in total. The van der Waals surface area contributed by atoms with Gasteiger partial charge in [0.05, 0.1) is 19.0 Å². The summed E-state index contributed by atoms with van der Waals surface area (Å²) in [6.45, 7) is 0.251. The number of nitrogens with one attached hydrogen (secondary N) is 2. The molecule has 0 bridgehead atoms. The SMILES string of the molecule is O=C(O)C[C@H](NC(=O)Nc1cccn(Cc2ccccc2Cl)c1=O)c1ccccc1. The van der Waals surface area contributed by atoms with E-state index in [2.05, 4.69) is 10.6 Å². The number of carboxylic acid groups (broad SMARTS) is 1. The predicted octanol–water partition coefficient (Wildman–Crippen LogP) is 3.89. The van der Waals surface area contributed by atoms with Crippen molar-refractivity contribution in [1.82, 2.24) is 9.88 Å². The van der Waals surface area contributed by atoms with Crippen LogP contribution in [0.5, 0.6) is 0 Å². The standard InChI is InChI=1S/C22H20ClN3O4/c23-17-10-5-4-9-16(17)14-26-12-6-11-18(21(26)29)24-22(30)25-19(13-20(27)28)15-7-2-1-3-8-15/h1-12,19H,13-14H2,(H,27,28)(H2,24,25,30)/t19-/m0/s1. The van der Waals surface area contributed by atoms with Gasteiger partial charge >= 0.3 is 12.0 Å². The number of hydrogen-bond donors (Lipinski definition) is 3. The average molecular weight is 426 g/mol. The van der Waals surface area contributed by atoms with Gasteiger partial charge in [-0.3, -0.25) is 9.59 Å². The average Bonchev–Trinajstić information content (AvgIpc) is 2.72. The minimum Gasteiger partial charge on any atom is -0.481 e. The molecule has 3 aromatic rings. The first kappa shape index (κ1) is 21.1. The second-order valence-corrected chi connectivity index (χ2v) is 7.01. The zero-order valence-electron chi connectivity index (χ0n) is 15.9. The molecule has 0 spiro atoms. The Bertz CT molecular complexity index is 1100. The predicted molar refractivity (Wildman–Crippen MR) is 115 cm³/mol. The molecule has 0 saturated heterocycles. The number of pyridine rings is 1. The zero-order chi connectivity index (χ0) is 21.5. The molecule has 154 valence electrons. The van der Waals surface area contributed by atoms with Gasteiger partial charge in [0.15, 0.2) is 0 Å². The summed E-state index contributed by atoms with van der Waals surface area (Å²) >= 11 is 6.16. The van der Waals surface area contributed by atoms with Gasteiger partial charge < -0.3 is 20.3 Å². The topological polar surface area (TPSA) is 100 Å². The first-order chi connectivity index (χ1) is 14.4. The minimum atomic E-state index is -1.05. The Morgan fingerprint density at radius 2 is 1.70 bits per heavy atom. The van der Waals surface area contributed by atoms with Crippen LogP contribution < -0.4 is 16.2 Å². The van der Waals surface area contributed by atoms with Crippen LogP contribution in [0.2, 0.25) is 5.02 Å². The molecule has 3 rings (SSSR count). The zero-order valence-corrected chi connectivity index (χ0v) is 16.7. The number of aliphatic carboxylic acids is 1. The van der Waals surface area contributed by atoms with Gasteiger partial charge in [-0.1, -0.05) is 60.1 Å². The number of halogens is 1. The molecule has 0 aliphatic heterocycles. The van der Waals surface area contributed by atoms with Crippen LogP contribution in [0.3, 0.4) is 0 Å². The molecular weight excluding hydrogens is 406 g/mol. The van der Waals surface area contributed by atoms with E-state index in [1.165, 1.54) is 10.6 Å². The summed E-state index contributed by atoms with van der Waals surface area (Å²) in [6.07, 6.45) is 1.31. The molecule has 8 heteroatoms. The summed E-state index contributed by atoms with van der Waals surface area (Å²) in [4.78, 5) is 36.4. The summed E-state index contributed by atoms with van der Waals surface area (Å²) in [5, 5.41) is 14.8. The Labute approximate surface area is 177 Å². The van der Waals surface area contributed by atoms with Gasteiger partial charge in [0, 0.05) is 11.2 Å². The molecule has 3 N–H and O–H groups in total. The summed E-state index contributed by atoms with van der Waals surface area (Å²) < 4.78 is 1.43. The van der Waals surface area contributed by atoms with E-state index in [1.807, 2.05) is 12.1 Å². The lowest BCUT2D eigenvalue weighted by atomic mass is 10.0. The third-order valence-corrected chi connectivity index (χ3v) is 4.82. The maximum absolute atomic E-state index is 12.7. The van der Waals surface area contributed by atoms with Gasteiger partial charge in [0.25, 0.3) is 5.56 Å². The lowest BCUT2D eigenvalue weighted by Crippen LogP contribution is -2.36. The number of benzene rings is 2. The van der Waals surface area contributed by atoms with E-state index in [0.717, 1.165) is 5.56 Å². The molecule has 0 saturated carbocycles. The smallest absolute Gasteiger partial charge is 0.319 e. The quantitative estimate of drug-likeness (QED) is 0.534. The molecule has 1 aromatic heterocycles. The number of carbonyl (C=O) groups excluding carboxylic acids is 1. The third kappa shape index (κ3) is 5.48. The van der Waals surface area contributed by atoms with Crippen LogP contribution in [0.25, 0.3) is 0 Å². The molecule has 1 atom stereocenters. The lowest BCUT2D eigenvalue weighted by Gasteiger charge is -2.18. The summed E-state index contributed by atoms with van der Waals surface area (Å²) in [7, 11) is 0. The number of carbonyl (C=O) groups is 2. The Morgan fingerprint density at radius 1 is 1.00 bits per heavy atom. The number of amides is 2. The van der Waals surface area contributed by atoms with Crippen molar-refractivity contribution < 1.29 is 14.7 Å². The van der Waals surface area contributed by atoms with Crippen molar-refractivity contribution in [3.63, 3.8) is 0 Å². The maximum atomic E-state index is 12.7. The molecule has 0 radical (unpaired) electrons. The first-order valence-corrected chi connectivity index (χ1v) is 9.59. The monoisotopic (exact) mass is 425 g/mol. The van der Waals surface area contributed by atoms with Crippen LogP contribution in [0.4, 0.5) is 10.5 Å². The largest absolute Gasteiger partial charge is 0.481 e. The number of aromatic nitrogens is 1. The van der Waals surface area contributed by atoms with Crippen molar-refractivity contribution in [2.75, 3.05) is 5.32 Å². The highest BCUT2D eigenvalue weighted by atomic mass is 35.5. The van der Waals surface area contributed by atoms with E-state index in [9.17, 15) is 14.4 Å². The van der Waals surface area contributed by atoms with Crippen molar-refractivity contribution in [2.24, 2.45) is 0 Å². The Balaban J connectivity index is 1.75. The fraction of sp³-hybridized carbons (Fsp3) is 0.136. The Kier molecular flexibility index (Phi) is 6.87. The molecule has 0 fully saturated rings. The Morgan fingerprint density at radius 3 is 2.40 bits per heavy atom. The fourth-order valence-corrected chi connectivity index (χ4v) is 3.19. The van der Waals surface area contributed by atoms with E-state index in [-0.39, 0.29) is 18.7 Å². The molecule has 30 heavy (non-hydrogen) atoms. The molecule has 0 unspecified atom stereocenters. The molecule has 0 aliphatic rings. The normalized spacial score (nSPS) is 11.5. The molecule has 0 aliphatic carbocycles. The number of nitrogens with zero attached hydrogens (tertiary/aromatic N) is 1. The summed E-state index contributed by atoms with van der Waals surface area (Å²) in [6, 6.07) is 17.7. The lowest BCUT2D eigenvalue weighted by molar-refractivity contribution is -0.137. The van der Waals surface area contributed by atoms with Crippen molar-refractivity contribution >= 4 is 29.3 Å². The number of rotatable bonds is 7. The fourth-order valence-electron chi connectivity index (χ4n) is 3.00. The number of anilines is 1. The highest BCUT2D eigenvalue weighted by molar-refractivity contribution is 6.31. The van der Waals surface area contributed by atoms with Crippen molar-refractivity contribution in [3.8, 4) is 0 Å². The highest BCUT2D eigenvalue weighted by Gasteiger charge is 2.18. The highest BCUT2D eigenvalue weighted by Crippen LogP contribution is 2.17.